The number of hydrogen-bond donors (Lipinski definition) is 0. The number of hydrogen-bond acceptors (Lipinski definition) is 6. The number of rotatable bonds is 5. The van der Waals surface area contributed by atoms with Gasteiger partial charge in [0.25, 0.3) is 0 Å². The highest BCUT2D eigenvalue weighted by atomic mass is 16.5. The van der Waals surface area contributed by atoms with Crippen molar-refractivity contribution in [2.24, 2.45) is 0 Å². The molecule has 0 unspecified atom stereocenters. The first-order chi connectivity index (χ1) is 16.6. The summed E-state index contributed by atoms with van der Waals surface area (Å²) in [7, 11) is 0. The normalized spacial score (nSPS) is 12.3. The van der Waals surface area contributed by atoms with Gasteiger partial charge in [-0.3, -0.25) is 14.3 Å². The molecular formula is C26H21N5O3. The van der Waals surface area contributed by atoms with E-state index in [0.717, 1.165) is 21.3 Å². The molecule has 8 heteroatoms. The van der Waals surface area contributed by atoms with Crippen LogP contribution in [0.2, 0.25) is 0 Å². The highest BCUT2D eigenvalue weighted by molar-refractivity contribution is 5.58. The molecule has 2 aromatic heterocycles. The van der Waals surface area contributed by atoms with Crippen LogP contribution in [0.15, 0.2) is 82.6 Å². The number of nitriles is 1. The first-order valence-electron chi connectivity index (χ1n) is 10.8. The molecule has 0 bridgehead atoms. The predicted molar refractivity (Wildman–Crippen MR) is 127 cm³/mol. The third-order valence-electron chi connectivity index (χ3n) is 5.73. The average Bonchev–Trinajstić information content (AvgIpc) is 3.27. The molecule has 0 radical (unpaired) electrons. The Kier molecular flexibility index (Phi) is 5.44. The van der Waals surface area contributed by atoms with Crippen LogP contribution in [-0.4, -0.2) is 14.1 Å². The minimum absolute atomic E-state index is 0.0182. The Labute approximate surface area is 195 Å². The zero-order chi connectivity index (χ0) is 23.7. The summed E-state index contributed by atoms with van der Waals surface area (Å²) in [6, 6.07) is 20.6. The van der Waals surface area contributed by atoms with E-state index in [1.165, 1.54) is 10.8 Å². The zero-order valence-corrected chi connectivity index (χ0v) is 18.5. The number of benzene rings is 2. The lowest BCUT2D eigenvalue weighted by Gasteiger charge is -2.25. The van der Waals surface area contributed by atoms with E-state index in [0.29, 0.717) is 24.5 Å². The smallest absolute Gasteiger partial charge is 0.338 e. The fraction of sp³-hybridized carbons (Fsp3) is 0.154. The molecule has 0 amide bonds. The predicted octanol–water partition coefficient (Wildman–Crippen LogP) is 3.54. The fourth-order valence-electron chi connectivity index (χ4n) is 4.21. The average molecular weight is 451 g/mol. The Hall–Kier alpha value is -4.64. The third kappa shape index (κ3) is 3.73. The maximum Gasteiger partial charge on any atom is 0.338 e. The third-order valence-corrected chi connectivity index (χ3v) is 5.73. The molecule has 5 rings (SSSR count). The zero-order valence-electron chi connectivity index (χ0n) is 18.5. The summed E-state index contributed by atoms with van der Waals surface area (Å²) < 4.78 is 8.44. The number of nitrogens with zero attached hydrogens (tertiary/aromatic N) is 5. The minimum Gasteiger partial charge on any atom is -0.448 e. The summed E-state index contributed by atoms with van der Waals surface area (Å²) in [6.07, 6.45) is 3.09. The van der Waals surface area contributed by atoms with Crippen LogP contribution in [0, 0.1) is 18.3 Å². The molecule has 3 heterocycles. The van der Waals surface area contributed by atoms with Gasteiger partial charge in [-0.1, -0.05) is 42.5 Å². The van der Waals surface area contributed by atoms with E-state index in [1.54, 1.807) is 36.5 Å². The Morgan fingerprint density at radius 2 is 1.68 bits per heavy atom. The molecule has 0 atom stereocenters. The van der Waals surface area contributed by atoms with Crippen molar-refractivity contribution >= 4 is 5.82 Å². The Bertz CT molecular complexity index is 1510. The van der Waals surface area contributed by atoms with Crippen LogP contribution >= 0.6 is 0 Å². The van der Waals surface area contributed by atoms with Crippen molar-refractivity contribution in [2.45, 2.75) is 26.6 Å². The quantitative estimate of drug-likeness (QED) is 0.461. The summed E-state index contributed by atoms with van der Waals surface area (Å²) in [6.45, 7) is 2.56. The van der Waals surface area contributed by atoms with Gasteiger partial charge >= 0.3 is 11.2 Å². The van der Waals surface area contributed by atoms with Gasteiger partial charge in [-0.25, -0.2) is 9.36 Å². The van der Waals surface area contributed by atoms with Gasteiger partial charge in [0.1, 0.15) is 12.3 Å². The number of anilines is 1. The van der Waals surface area contributed by atoms with Gasteiger partial charge in [0.2, 0.25) is 5.75 Å². The molecule has 4 aromatic rings. The summed E-state index contributed by atoms with van der Waals surface area (Å²) in [5.74, 6) is 0.720. The number of pyridine rings is 1. The van der Waals surface area contributed by atoms with Gasteiger partial charge in [0.05, 0.1) is 18.0 Å². The molecule has 8 nitrogen and oxygen atoms in total. The van der Waals surface area contributed by atoms with Crippen molar-refractivity contribution in [3.63, 3.8) is 0 Å². The molecule has 0 fully saturated rings. The summed E-state index contributed by atoms with van der Waals surface area (Å²) >= 11 is 0. The molecule has 0 N–H and O–H groups in total. The molecule has 1 aliphatic heterocycles. The fourth-order valence-corrected chi connectivity index (χ4v) is 4.21. The second kappa shape index (κ2) is 8.71. The van der Waals surface area contributed by atoms with Crippen molar-refractivity contribution in [3.05, 3.63) is 111 Å². The number of aromatic nitrogens is 3. The molecule has 1 aliphatic rings. The Balaban J connectivity index is 1.78. The SMILES string of the molecule is Cc1cncc(-n2c(=O)c(Oc3ccccc3)c(N3Cc4ccccc4C3)n(CC#N)c2=O)c1. The topological polar surface area (TPSA) is 93.2 Å². The van der Waals surface area contributed by atoms with E-state index >= 15 is 0 Å². The Morgan fingerprint density at radius 3 is 2.32 bits per heavy atom. The largest absolute Gasteiger partial charge is 0.448 e. The van der Waals surface area contributed by atoms with E-state index in [-0.39, 0.29) is 18.1 Å². The van der Waals surface area contributed by atoms with E-state index in [2.05, 4.69) is 11.1 Å². The van der Waals surface area contributed by atoms with Crippen molar-refractivity contribution in [2.75, 3.05) is 4.90 Å². The van der Waals surface area contributed by atoms with Gasteiger partial charge in [0.15, 0.2) is 5.82 Å². The summed E-state index contributed by atoms with van der Waals surface area (Å²) in [4.78, 5) is 33.5. The maximum atomic E-state index is 13.8. The van der Waals surface area contributed by atoms with E-state index in [4.69, 9.17) is 4.74 Å². The van der Waals surface area contributed by atoms with Crippen molar-refractivity contribution in [1.29, 1.82) is 5.26 Å². The van der Waals surface area contributed by atoms with Gasteiger partial charge < -0.3 is 9.64 Å². The second-order valence-corrected chi connectivity index (χ2v) is 8.08. The van der Waals surface area contributed by atoms with Crippen molar-refractivity contribution in [1.82, 2.24) is 14.1 Å². The first kappa shape index (κ1) is 21.2. The summed E-state index contributed by atoms with van der Waals surface area (Å²) in [5, 5.41) is 9.57. The maximum absolute atomic E-state index is 13.8. The van der Waals surface area contributed by atoms with Crippen LogP contribution < -0.4 is 20.9 Å². The molecule has 0 saturated carbocycles. The molecule has 0 spiro atoms. The van der Waals surface area contributed by atoms with E-state index in [9.17, 15) is 14.9 Å². The molecule has 0 saturated heterocycles. The number of fused-ring (bicyclic) bond motifs is 1. The Morgan fingerprint density at radius 1 is 1.00 bits per heavy atom. The molecule has 168 valence electrons. The van der Waals surface area contributed by atoms with Crippen LogP contribution in [0.25, 0.3) is 5.69 Å². The van der Waals surface area contributed by atoms with E-state index in [1.807, 2.05) is 42.2 Å². The highest BCUT2D eigenvalue weighted by Crippen LogP contribution is 2.34. The van der Waals surface area contributed by atoms with Crippen LogP contribution in [0.3, 0.4) is 0 Å². The van der Waals surface area contributed by atoms with Gasteiger partial charge in [-0.15, -0.1) is 0 Å². The lowest BCUT2D eigenvalue weighted by Crippen LogP contribution is -2.42. The highest BCUT2D eigenvalue weighted by Gasteiger charge is 2.30. The second-order valence-electron chi connectivity index (χ2n) is 8.08. The first-order valence-corrected chi connectivity index (χ1v) is 10.8. The monoisotopic (exact) mass is 451 g/mol. The molecule has 0 aliphatic carbocycles. The molecule has 2 aromatic carbocycles. The van der Waals surface area contributed by atoms with Crippen LogP contribution in [0.4, 0.5) is 5.82 Å². The lowest BCUT2D eigenvalue weighted by molar-refractivity contribution is 0.456. The van der Waals surface area contributed by atoms with E-state index < -0.39 is 11.2 Å². The van der Waals surface area contributed by atoms with Crippen molar-refractivity contribution in [3.8, 4) is 23.3 Å². The van der Waals surface area contributed by atoms with Crippen LogP contribution in [-0.2, 0) is 19.6 Å². The lowest BCUT2D eigenvalue weighted by atomic mass is 10.1. The molecular weight excluding hydrogens is 430 g/mol. The van der Waals surface area contributed by atoms with Gasteiger partial charge in [0, 0.05) is 19.3 Å². The summed E-state index contributed by atoms with van der Waals surface area (Å²) in [5.41, 5.74) is 2.06. The minimum atomic E-state index is -0.620. The van der Waals surface area contributed by atoms with Gasteiger partial charge in [-0.2, -0.15) is 5.26 Å². The number of ether oxygens (including phenoxy) is 1. The number of aryl methyl sites for hydroxylation is 1. The van der Waals surface area contributed by atoms with Crippen molar-refractivity contribution < 1.29 is 4.74 Å². The van der Waals surface area contributed by atoms with Gasteiger partial charge in [-0.05, 0) is 41.8 Å². The molecule has 34 heavy (non-hydrogen) atoms. The number of para-hydroxylation sites is 1. The van der Waals surface area contributed by atoms with Crippen LogP contribution in [0.5, 0.6) is 11.5 Å². The standard InChI is InChI=1S/C26H21N5O3/c1-18-13-21(15-28-14-18)31-25(32)23(34-22-9-3-2-4-10-22)24(30(12-11-27)26(31)33)29-16-19-7-5-6-8-20(19)17-29/h2-10,13-15H,12,16-17H2,1H3. The van der Waals surface area contributed by atoms with Crippen LogP contribution in [0.1, 0.15) is 16.7 Å².